The molecule has 0 spiro atoms. The summed E-state index contributed by atoms with van der Waals surface area (Å²) in [5.74, 6) is 0. The smallest absolute Gasteiger partial charge is 0.0279 e. The molecular formula is C22H34. The van der Waals surface area contributed by atoms with Crippen LogP contribution in [0.5, 0.6) is 0 Å². The van der Waals surface area contributed by atoms with Crippen LogP contribution in [-0.4, -0.2) is 0 Å². The van der Waals surface area contributed by atoms with Crippen LogP contribution >= 0.6 is 0 Å². The first-order chi connectivity index (χ1) is 10.8. The average molecular weight is 299 g/mol. The minimum absolute atomic E-state index is 1.22. The lowest BCUT2D eigenvalue weighted by Gasteiger charge is -2.03. The predicted octanol–water partition coefficient (Wildman–Crippen LogP) is 7.00. The Labute approximate surface area is 138 Å². The number of benzene rings is 2. The second-order valence-electron chi connectivity index (χ2n) is 5.03. The van der Waals surface area contributed by atoms with Crippen LogP contribution in [0.4, 0.5) is 0 Å². The van der Waals surface area contributed by atoms with Crippen LogP contribution < -0.4 is 0 Å². The van der Waals surface area contributed by atoms with Crippen LogP contribution in [-0.2, 0) is 12.8 Å². The monoisotopic (exact) mass is 298 g/mol. The van der Waals surface area contributed by atoms with E-state index in [4.69, 9.17) is 0 Å². The van der Waals surface area contributed by atoms with Gasteiger partial charge in [0.15, 0.2) is 0 Å². The van der Waals surface area contributed by atoms with E-state index in [2.05, 4.69) is 61.5 Å². The summed E-state index contributed by atoms with van der Waals surface area (Å²) in [4.78, 5) is 0. The van der Waals surface area contributed by atoms with Gasteiger partial charge in [-0.2, -0.15) is 0 Å². The molecule has 0 amide bonds. The fourth-order valence-corrected chi connectivity index (χ4v) is 2.23. The molecule has 0 unspecified atom stereocenters. The van der Waals surface area contributed by atoms with Crippen LogP contribution in [0.1, 0.15) is 63.6 Å². The molecule has 0 heterocycles. The van der Waals surface area contributed by atoms with Crippen molar-refractivity contribution in [1.29, 1.82) is 0 Å². The molecule has 0 saturated carbocycles. The van der Waals surface area contributed by atoms with Gasteiger partial charge in [-0.3, -0.25) is 0 Å². The molecule has 0 aliphatic carbocycles. The van der Waals surface area contributed by atoms with E-state index in [9.17, 15) is 0 Å². The zero-order valence-electron chi connectivity index (χ0n) is 15.2. The van der Waals surface area contributed by atoms with E-state index >= 15 is 0 Å². The summed E-state index contributed by atoms with van der Waals surface area (Å²) in [6, 6.07) is 19.7. The van der Waals surface area contributed by atoms with Crippen LogP contribution in [0.25, 0.3) is 0 Å². The fraction of sp³-hybridized carbons (Fsp3) is 0.455. The first-order valence-electron chi connectivity index (χ1n) is 8.94. The molecule has 0 fully saturated rings. The average Bonchev–Trinajstić information content (AvgIpc) is 2.61. The molecule has 2 rings (SSSR count). The van der Waals surface area contributed by atoms with Crippen LogP contribution in [0, 0.1) is 6.92 Å². The van der Waals surface area contributed by atoms with E-state index in [0.717, 1.165) is 0 Å². The Morgan fingerprint density at radius 2 is 1.00 bits per heavy atom. The van der Waals surface area contributed by atoms with Crippen molar-refractivity contribution in [2.75, 3.05) is 0 Å². The van der Waals surface area contributed by atoms with Crippen molar-refractivity contribution in [3.05, 3.63) is 71.3 Å². The van der Waals surface area contributed by atoms with Crippen molar-refractivity contribution >= 4 is 0 Å². The maximum absolute atomic E-state index is 2.26. The Hall–Kier alpha value is -1.56. The Balaban J connectivity index is 0.00000102. The van der Waals surface area contributed by atoms with Crippen LogP contribution in [0.2, 0.25) is 0 Å². The lowest BCUT2D eigenvalue weighted by Crippen LogP contribution is -1.88. The Morgan fingerprint density at radius 1 is 0.545 bits per heavy atom. The van der Waals surface area contributed by atoms with E-state index in [0.29, 0.717) is 0 Å². The highest BCUT2D eigenvalue weighted by Gasteiger charge is 1.95. The number of hydrogen-bond donors (Lipinski definition) is 0. The molecule has 0 radical (unpaired) electrons. The molecule has 0 bridgehead atoms. The first-order valence-corrected chi connectivity index (χ1v) is 8.94. The van der Waals surface area contributed by atoms with Gasteiger partial charge in [-0.25, -0.2) is 0 Å². The predicted molar refractivity (Wildman–Crippen MR) is 102 cm³/mol. The zero-order valence-corrected chi connectivity index (χ0v) is 15.2. The van der Waals surface area contributed by atoms with E-state index in [1.165, 1.54) is 48.8 Å². The molecule has 0 aliphatic rings. The molecule has 0 N–H and O–H groups in total. The van der Waals surface area contributed by atoms with Gasteiger partial charge in [0.1, 0.15) is 0 Å². The van der Waals surface area contributed by atoms with Crippen LogP contribution in [0.3, 0.4) is 0 Å². The van der Waals surface area contributed by atoms with E-state index < -0.39 is 0 Å². The summed E-state index contributed by atoms with van der Waals surface area (Å²) in [6.07, 6.45) is 6.36. The standard InChI is InChI=1S/C18H22.2C2H6/c1-16-12-14-18(15-13-16)11-7-3-6-10-17-8-4-2-5-9-17;2*1-2/h2,4-5,8-9,12-15H,3,6-7,10-11H2,1H3;2*1-2H3. The number of hydrogen-bond acceptors (Lipinski definition) is 0. The van der Waals surface area contributed by atoms with E-state index in [1.54, 1.807) is 0 Å². The van der Waals surface area contributed by atoms with Gasteiger partial charge < -0.3 is 0 Å². The normalized spacial score (nSPS) is 9.14. The number of unbranched alkanes of at least 4 members (excludes halogenated alkanes) is 2. The molecule has 0 saturated heterocycles. The molecule has 0 aromatic heterocycles. The molecular weight excluding hydrogens is 264 g/mol. The third-order valence-electron chi connectivity index (χ3n) is 3.39. The highest BCUT2D eigenvalue weighted by Crippen LogP contribution is 2.10. The highest BCUT2D eigenvalue weighted by atomic mass is 14.0. The fourth-order valence-electron chi connectivity index (χ4n) is 2.23. The molecule has 22 heavy (non-hydrogen) atoms. The van der Waals surface area contributed by atoms with Gasteiger partial charge in [-0.05, 0) is 43.7 Å². The Kier molecular flexibility index (Phi) is 13.4. The minimum Gasteiger partial charge on any atom is -0.0683 e. The Morgan fingerprint density at radius 3 is 1.50 bits per heavy atom. The molecule has 0 atom stereocenters. The summed E-state index contributed by atoms with van der Waals surface area (Å²) in [6.45, 7) is 10.1. The van der Waals surface area contributed by atoms with Crippen molar-refractivity contribution in [3.63, 3.8) is 0 Å². The third kappa shape index (κ3) is 9.39. The number of aryl methyl sites for hydroxylation is 3. The molecule has 2 aromatic rings. The second kappa shape index (κ2) is 14.4. The van der Waals surface area contributed by atoms with Crippen molar-refractivity contribution in [2.45, 2.75) is 66.7 Å². The van der Waals surface area contributed by atoms with Gasteiger partial charge in [0.2, 0.25) is 0 Å². The van der Waals surface area contributed by atoms with Crippen molar-refractivity contribution in [2.24, 2.45) is 0 Å². The molecule has 122 valence electrons. The first kappa shape index (κ1) is 20.4. The van der Waals surface area contributed by atoms with Gasteiger partial charge in [-0.15, -0.1) is 0 Å². The zero-order chi connectivity index (χ0) is 16.6. The molecule has 0 aliphatic heterocycles. The summed E-state index contributed by atoms with van der Waals surface area (Å²) in [5.41, 5.74) is 4.29. The largest absolute Gasteiger partial charge is 0.0683 e. The maximum Gasteiger partial charge on any atom is -0.0279 e. The molecule has 0 heteroatoms. The minimum atomic E-state index is 1.22. The number of rotatable bonds is 6. The van der Waals surface area contributed by atoms with Gasteiger partial charge >= 0.3 is 0 Å². The summed E-state index contributed by atoms with van der Waals surface area (Å²) >= 11 is 0. The highest BCUT2D eigenvalue weighted by molar-refractivity contribution is 5.21. The summed E-state index contributed by atoms with van der Waals surface area (Å²) in [7, 11) is 0. The quantitative estimate of drug-likeness (QED) is 0.503. The SMILES string of the molecule is CC.CC.Cc1ccc(CCCCCc2ccccc2)cc1. The molecule has 2 aromatic carbocycles. The Bertz CT molecular complexity index is 439. The van der Waals surface area contributed by atoms with Gasteiger partial charge in [0.25, 0.3) is 0 Å². The second-order valence-corrected chi connectivity index (χ2v) is 5.03. The van der Waals surface area contributed by atoms with Gasteiger partial charge in [0, 0.05) is 0 Å². The lowest BCUT2D eigenvalue weighted by molar-refractivity contribution is 0.678. The topological polar surface area (TPSA) is 0 Å². The lowest BCUT2D eigenvalue weighted by atomic mass is 10.0. The third-order valence-corrected chi connectivity index (χ3v) is 3.39. The van der Waals surface area contributed by atoms with E-state index in [1.807, 2.05) is 27.7 Å². The van der Waals surface area contributed by atoms with E-state index in [-0.39, 0.29) is 0 Å². The summed E-state index contributed by atoms with van der Waals surface area (Å²) in [5, 5.41) is 0. The van der Waals surface area contributed by atoms with Crippen molar-refractivity contribution < 1.29 is 0 Å². The van der Waals surface area contributed by atoms with Crippen molar-refractivity contribution in [1.82, 2.24) is 0 Å². The van der Waals surface area contributed by atoms with Crippen molar-refractivity contribution in [3.8, 4) is 0 Å². The van der Waals surface area contributed by atoms with Gasteiger partial charge in [0.05, 0.1) is 0 Å². The molecule has 0 nitrogen and oxygen atoms in total. The van der Waals surface area contributed by atoms with Crippen LogP contribution in [0.15, 0.2) is 54.6 Å². The van der Waals surface area contributed by atoms with Gasteiger partial charge in [-0.1, -0.05) is 94.3 Å². The maximum atomic E-state index is 2.26. The summed E-state index contributed by atoms with van der Waals surface area (Å²) < 4.78 is 0.